The van der Waals surface area contributed by atoms with Gasteiger partial charge in [-0.1, -0.05) is 32.9 Å². The summed E-state index contributed by atoms with van der Waals surface area (Å²) in [4.78, 5) is 0. The van der Waals surface area contributed by atoms with Gasteiger partial charge in [-0.15, -0.1) is 0 Å². The zero-order chi connectivity index (χ0) is 12.2. The van der Waals surface area contributed by atoms with E-state index >= 15 is 0 Å². The van der Waals surface area contributed by atoms with Crippen LogP contribution in [0, 0.1) is 6.92 Å². The maximum absolute atomic E-state index is 6.03. The van der Waals surface area contributed by atoms with E-state index < -0.39 is 0 Å². The minimum absolute atomic E-state index is 0.181. The Bertz CT molecular complexity index is 312. The molecule has 0 atom stereocenters. The molecule has 2 nitrogen and oxygen atoms in total. The van der Waals surface area contributed by atoms with Crippen LogP contribution in [0.3, 0.4) is 0 Å². The number of benzene rings is 1. The van der Waals surface area contributed by atoms with Gasteiger partial charge in [0.15, 0.2) is 0 Å². The van der Waals surface area contributed by atoms with Crippen molar-refractivity contribution in [2.45, 2.75) is 52.5 Å². The third-order valence-corrected chi connectivity index (χ3v) is 3.73. The molecule has 2 heteroatoms. The fraction of sp³-hybridized carbons (Fsp3) is 0.571. The lowest BCUT2D eigenvalue weighted by Crippen LogP contribution is -2.36. The second-order valence-corrected chi connectivity index (χ2v) is 4.51. The fourth-order valence-corrected chi connectivity index (χ4v) is 2.14. The highest BCUT2D eigenvalue weighted by atomic mass is 15.0. The third kappa shape index (κ3) is 2.49. The lowest BCUT2D eigenvalue weighted by Gasteiger charge is -2.34. The Kier molecular flexibility index (Phi) is 4.22. The molecule has 1 aromatic carbocycles. The van der Waals surface area contributed by atoms with Crippen molar-refractivity contribution in [2.75, 3.05) is 11.1 Å². The summed E-state index contributed by atoms with van der Waals surface area (Å²) in [6.45, 7) is 8.79. The van der Waals surface area contributed by atoms with Crippen LogP contribution in [0.15, 0.2) is 18.2 Å². The molecule has 0 saturated carbocycles. The van der Waals surface area contributed by atoms with Crippen LogP contribution < -0.4 is 11.1 Å². The number of para-hydroxylation sites is 1. The molecule has 0 fully saturated rings. The highest BCUT2D eigenvalue weighted by Crippen LogP contribution is 2.31. The second kappa shape index (κ2) is 5.24. The third-order valence-electron chi connectivity index (χ3n) is 3.73. The van der Waals surface area contributed by atoms with Crippen LogP contribution in [-0.2, 0) is 0 Å². The Morgan fingerprint density at radius 2 is 1.69 bits per heavy atom. The lowest BCUT2D eigenvalue weighted by atomic mass is 9.89. The van der Waals surface area contributed by atoms with Gasteiger partial charge in [-0.2, -0.15) is 0 Å². The number of nitrogen functional groups attached to an aromatic ring is 1. The first-order chi connectivity index (χ1) is 7.58. The van der Waals surface area contributed by atoms with Crippen molar-refractivity contribution in [3.05, 3.63) is 23.8 Å². The molecule has 0 spiro atoms. The van der Waals surface area contributed by atoms with Crippen LogP contribution in [0.5, 0.6) is 0 Å². The second-order valence-electron chi connectivity index (χ2n) is 4.51. The van der Waals surface area contributed by atoms with Crippen LogP contribution in [0.2, 0.25) is 0 Å². The molecule has 0 amide bonds. The van der Waals surface area contributed by atoms with Gasteiger partial charge in [0.05, 0.1) is 11.4 Å². The van der Waals surface area contributed by atoms with Crippen molar-refractivity contribution in [1.29, 1.82) is 0 Å². The van der Waals surface area contributed by atoms with E-state index in [-0.39, 0.29) is 5.54 Å². The normalized spacial score (nSPS) is 11.5. The van der Waals surface area contributed by atoms with Crippen molar-refractivity contribution >= 4 is 11.4 Å². The van der Waals surface area contributed by atoms with Gasteiger partial charge in [0, 0.05) is 5.54 Å². The van der Waals surface area contributed by atoms with Crippen molar-refractivity contribution < 1.29 is 0 Å². The summed E-state index contributed by atoms with van der Waals surface area (Å²) in [6, 6.07) is 6.06. The van der Waals surface area contributed by atoms with E-state index in [1.807, 2.05) is 12.1 Å². The molecule has 1 rings (SSSR count). The molecule has 0 bridgehead atoms. The predicted octanol–water partition coefficient (Wildman–Crippen LogP) is 3.96. The van der Waals surface area contributed by atoms with Crippen molar-refractivity contribution in [1.82, 2.24) is 0 Å². The monoisotopic (exact) mass is 220 g/mol. The van der Waals surface area contributed by atoms with E-state index in [4.69, 9.17) is 5.73 Å². The summed E-state index contributed by atoms with van der Waals surface area (Å²) in [6.07, 6.45) is 3.36. The number of nitrogens with one attached hydrogen (secondary N) is 1. The zero-order valence-electron chi connectivity index (χ0n) is 10.9. The summed E-state index contributed by atoms with van der Waals surface area (Å²) in [5, 5.41) is 3.65. The maximum atomic E-state index is 6.03. The molecular weight excluding hydrogens is 196 g/mol. The minimum atomic E-state index is 0.181. The minimum Gasteiger partial charge on any atom is -0.397 e. The molecule has 0 aliphatic heterocycles. The standard InChI is InChI=1S/C14H24N2/c1-5-14(6-2,7-3)16-13-11(4)9-8-10-12(13)15/h8-10,16H,5-7,15H2,1-4H3. The van der Waals surface area contributed by atoms with Crippen LogP contribution in [-0.4, -0.2) is 5.54 Å². The van der Waals surface area contributed by atoms with E-state index in [2.05, 4.69) is 39.1 Å². The van der Waals surface area contributed by atoms with Gasteiger partial charge in [-0.3, -0.25) is 0 Å². The average Bonchev–Trinajstić information content (AvgIpc) is 2.30. The molecule has 90 valence electrons. The van der Waals surface area contributed by atoms with Gasteiger partial charge in [-0.25, -0.2) is 0 Å². The molecule has 0 unspecified atom stereocenters. The van der Waals surface area contributed by atoms with Crippen molar-refractivity contribution in [3.8, 4) is 0 Å². The number of aryl methyl sites for hydroxylation is 1. The van der Waals surface area contributed by atoms with Crippen LogP contribution >= 0.6 is 0 Å². The highest BCUT2D eigenvalue weighted by Gasteiger charge is 2.24. The van der Waals surface area contributed by atoms with Gasteiger partial charge in [0.2, 0.25) is 0 Å². The van der Waals surface area contributed by atoms with Gasteiger partial charge >= 0.3 is 0 Å². The fourth-order valence-electron chi connectivity index (χ4n) is 2.14. The first-order valence-electron chi connectivity index (χ1n) is 6.21. The Balaban J connectivity index is 3.02. The Hall–Kier alpha value is -1.18. The Morgan fingerprint density at radius 3 is 2.12 bits per heavy atom. The summed E-state index contributed by atoms with van der Waals surface area (Å²) in [7, 11) is 0. The van der Waals surface area contributed by atoms with Gasteiger partial charge in [0.1, 0.15) is 0 Å². The zero-order valence-corrected chi connectivity index (χ0v) is 10.9. The molecule has 0 aromatic heterocycles. The van der Waals surface area contributed by atoms with E-state index in [0.29, 0.717) is 0 Å². The molecule has 0 heterocycles. The topological polar surface area (TPSA) is 38.0 Å². The predicted molar refractivity (Wildman–Crippen MR) is 72.8 cm³/mol. The van der Waals surface area contributed by atoms with Crippen molar-refractivity contribution in [2.24, 2.45) is 0 Å². The van der Waals surface area contributed by atoms with Crippen LogP contribution in [0.4, 0.5) is 11.4 Å². The van der Waals surface area contributed by atoms with Gasteiger partial charge < -0.3 is 11.1 Å². The van der Waals surface area contributed by atoms with Crippen LogP contribution in [0.1, 0.15) is 45.6 Å². The van der Waals surface area contributed by atoms with E-state index in [0.717, 1.165) is 30.6 Å². The molecular formula is C14H24N2. The first-order valence-corrected chi connectivity index (χ1v) is 6.21. The molecule has 0 aliphatic rings. The smallest absolute Gasteiger partial charge is 0.0607 e. The summed E-state index contributed by atoms with van der Waals surface area (Å²) >= 11 is 0. The molecule has 16 heavy (non-hydrogen) atoms. The van der Waals surface area contributed by atoms with E-state index in [9.17, 15) is 0 Å². The number of hydrogen-bond donors (Lipinski definition) is 2. The molecule has 3 N–H and O–H groups in total. The van der Waals surface area contributed by atoms with E-state index in [1.165, 1.54) is 5.56 Å². The Morgan fingerprint density at radius 1 is 1.12 bits per heavy atom. The summed E-state index contributed by atoms with van der Waals surface area (Å²) in [5.74, 6) is 0. The SMILES string of the molecule is CCC(CC)(CC)Nc1c(C)cccc1N. The first kappa shape index (κ1) is 12.9. The molecule has 0 saturated heterocycles. The molecule has 0 aliphatic carbocycles. The van der Waals surface area contributed by atoms with Gasteiger partial charge in [-0.05, 0) is 37.8 Å². The quantitative estimate of drug-likeness (QED) is 0.737. The lowest BCUT2D eigenvalue weighted by molar-refractivity contribution is 0.420. The number of nitrogens with two attached hydrogens (primary N) is 1. The maximum Gasteiger partial charge on any atom is 0.0607 e. The number of rotatable bonds is 5. The van der Waals surface area contributed by atoms with Gasteiger partial charge in [0.25, 0.3) is 0 Å². The largest absolute Gasteiger partial charge is 0.397 e. The number of hydrogen-bond acceptors (Lipinski definition) is 2. The number of anilines is 2. The van der Waals surface area contributed by atoms with Crippen LogP contribution in [0.25, 0.3) is 0 Å². The summed E-state index contributed by atoms with van der Waals surface area (Å²) in [5.41, 5.74) is 9.38. The highest BCUT2D eigenvalue weighted by molar-refractivity contribution is 5.70. The average molecular weight is 220 g/mol. The van der Waals surface area contributed by atoms with Crippen molar-refractivity contribution in [3.63, 3.8) is 0 Å². The summed E-state index contributed by atoms with van der Waals surface area (Å²) < 4.78 is 0. The molecule has 1 aromatic rings. The molecule has 0 radical (unpaired) electrons. The van der Waals surface area contributed by atoms with E-state index in [1.54, 1.807) is 0 Å². The Labute approximate surface area is 99.2 Å².